The van der Waals surface area contributed by atoms with E-state index in [-0.39, 0.29) is 11.9 Å². The van der Waals surface area contributed by atoms with E-state index in [9.17, 15) is 4.79 Å². The van der Waals surface area contributed by atoms with Crippen molar-refractivity contribution in [2.24, 2.45) is 5.73 Å². The zero-order chi connectivity index (χ0) is 11.4. The summed E-state index contributed by atoms with van der Waals surface area (Å²) in [5, 5.41) is 3.04. The van der Waals surface area contributed by atoms with Crippen molar-refractivity contribution in [3.05, 3.63) is 18.2 Å². The summed E-state index contributed by atoms with van der Waals surface area (Å²) >= 11 is 0. The molecule has 0 aliphatic heterocycles. The maximum atomic E-state index is 10.8. The van der Waals surface area contributed by atoms with Gasteiger partial charge in [-0.15, -0.1) is 0 Å². The SMILES string of the molecule is CC(NCc1cncn1C(C)C)C(N)=O. The Labute approximate surface area is 89.7 Å². The fourth-order valence-electron chi connectivity index (χ4n) is 1.29. The van der Waals surface area contributed by atoms with Crippen molar-refractivity contribution in [1.29, 1.82) is 0 Å². The lowest BCUT2D eigenvalue weighted by molar-refractivity contribution is -0.119. The van der Waals surface area contributed by atoms with Gasteiger partial charge in [0, 0.05) is 18.8 Å². The molecule has 3 N–H and O–H groups in total. The molecule has 1 aromatic heterocycles. The van der Waals surface area contributed by atoms with Gasteiger partial charge in [-0.3, -0.25) is 4.79 Å². The summed E-state index contributed by atoms with van der Waals surface area (Å²) in [6, 6.07) is 0.0497. The lowest BCUT2D eigenvalue weighted by Crippen LogP contribution is -2.38. The molecule has 84 valence electrons. The average Bonchev–Trinajstić information content (AvgIpc) is 2.61. The van der Waals surface area contributed by atoms with Crippen molar-refractivity contribution in [3.8, 4) is 0 Å². The smallest absolute Gasteiger partial charge is 0.234 e. The number of aromatic nitrogens is 2. The first-order valence-corrected chi connectivity index (χ1v) is 5.05. The number of nitrogens with one attached hydrogen (secondary N) is 1. The van der Waals surface area contributed by atoms with Gasteiger partial charge in [-0.05, 0) is 20.8 Å². The summed E-state index contributed by atoms with van der Waals surface area (Å²) in [6.07, 6.45) is 3.58. The fraction of sp³-hybridized carbons (Fsp3) is 0.600. The molecule has 1 amide bonds. The summed E-state index contributed by atoms with van der Waals surface area (Å²) in [4.78, 5) is 14.9. The van der Waals surface area contributed by atoms with Gasteiger partial charge in [-0.2, -0.15) is 0 Å². The van der Waals surface area contributed by atoms with E-state index >= 15 is 0 Å². The molecule has 5 heteroatoms. The average molecular weight is 210 g/mol. The molecule has 0 fully saturated rings. The van der Waals surface area contributed by atoms with E-state index in [1.54, 1.807) is 19.4 Å². The number of primary amides is 1. The number of hydrogen-bond donors (Lipinski definition) is 2. The fourth-order valence-corrected chi connectivity index (χ4v) is 1.29. The highest BCUT2D eigenvalue weighted by molar-refractivity contribution is 5.79. The van der Waals surface area contributed by atoms with Gasteiger partial charge in [0.15, 0.2) is 0 Å². The predicted molar refractivity (Wildman–Crippen MR) is 58.1 cm³/mol. The topological polar surface area (TPSA) is 72.9 Å². The van der Waals surface area contributed by atoms with E-state index in [0.717, 1.165) is 5.69 Å². The van der Waals surface area contributed by atoms with Crippen LogP contribution in [0, 0.1) is 0 Å². The summed E-state index contributed by atoms with van der Waals surface area (Å²) in [5.74, 6) is -0.342. The van der Waals surface area contributed by atoms with Crippen molar-refractivity contribution in [1.82, 2.24) is 14.9 Å². The molecule has 5 nitrogen and oxygen atoms in total. The van der Waals surface area contributed by atoms with Crippen LogP contribution in [0.2, 0.25) is 0 Å². The van der Waals surface area contributed by atoms with Gasteiger partial charge >= 0.3 is 0 Å². The van der Waals surface area contributed by atoms with Crippen LogP contribution in [-0.2, 0) is 11.3 Å². The molecule has 1 heterocycles. The molecular formula is C10H18N4O. The maximum Gasteiger partial charge on any atom is 0.234 e. The second-order valence-corrected chi connectivity index (χ2v) is 3.89. The van der Waals surface area contributed by atoms with Gasteiger partial charge in [0.05, 0.1) is 18.1 Å². The number of rotatable bonds is 5. The van der Waals surface area contributed by atoms with Crippen molar-refractivity contribution < 1.29 is 4.79 Å². The molecule has 0 spiro atoms. The van der Waals surface area contributed by atoms with Gasteiger partial charge in [0.2, 0.25) is 5.91 Å². The number of carbonyl (C=O) groups excluding carboxylic acids is 1. The van der Waals surface area contributed by atoms with Crippen LogP contribution in [0.25, 0.3) is 0 Å². The van der Waals surface area contributed by atoms with Gasteiger partial charge in [0.25, 0.3) is 0 Å². The minimum atomic E-state index is -0.342. The first-order valence-electron chi connectivity index (χ1n) is 5.05. The minimum Gasteiger partial charge on any atom is -0.368 e. The first kappa shape index (κ1) is 11.7. The van der Waals surface area contributed by atoms with Crippen LogP contribution >= 0.6 is 0 Å². The monoisotopic (exact) mass is 210 g/mol. The van der Waals surface area contributed by atoms with E-state index in [0.29, 0.717) is 12.6 Å². The van der Waals surface area contributed by atoms with E-state index in [2.05, 4.69) is 28.7 Å². The second-order valence-electron chi connectivity index (χ2n) is 3.89. The number of hydrogen-bond acceptors (Lipinski definition) is 3. The van der Waals surface area contributed by atoms with E-state index < -0.39 is 0 Å². The molecule has 1 aromatic rings. The van der Waals surface area contributed by atoms with Crippen LogP contribution < -0.4 is 11.1 Å². The van der Waals surface area contributed by atoms with Crippen molar-refractivity contribution in [2.45, 2.75) is 39.4 Å². The Morgan fingerprint density at radius 1 is 1.60 bits per heavy atom. The van der Waals surface area contributed by atoms with Gasteiger partial charge in [-0.25, -0.2) is 4.98 Å². The zero-order valence-corrected chi connectivity index (χ0v) is 9.40. The molecule has 1 rings (SSSR count). The quantitative estimate of drug-likeness (QED) is 0.740. The third-order valence-corrected chi connectivity index (χ3v) is 2.32. The van der Waals surface area contributed by atoms with Gasteiger partial charge in [-0.1, -0.05) is 0 Å². The van der Waals surface area contributed by atoms with E-state index in [1.165, 1.54) is 0 Å². The van der Waals surface area contributed by atoms with Crippen molar-refractivity contribution in [2.75, 3.05) is 0 Å². The first-order chi connectivity index (χ1) is 7.02. The Kier molecular flexibility index (Phi) is 3.85. The lowest BCUT2D eigenvalue weighted by Gasteiger charge is -2.14. The van der Waals surface area contributed by atoms with Crippen LogP contribution in [0.1, 0.15) is 32.5 Å². The van der Waals surface area contributed by atoms with Crippen LogP contribution in [0.5, 0.6) is 0 Å². The number of imidazole rings is 1. The highest BCUT2D eigenvalue weighted by atomic mass is 16.1. The highest BCUT2D eigenvalue weighted by Crippen LogP contribution is 2.08. The Morgan fingerprint density at radius 2 is 2.27 bits per heavy atom. The Hall–Kier alpha value is -1.36. The molecule has 0 saturated heterocycles. The van der Waals surface area contributed by atoms with Crippen LogP contribution in [-0.4, -0.2) is 21.5 Å². The molecule has 1 atom stereocenters. The molecule has 0 aromatic carbocycles. The molecule has 0 aliphatic rings. The number of nitrogens with zero attached hydrogens (tertiary/aromatic N) is 2. The lowest BCUT2D eigenvalue weighted by atomic mass is 10.3. The Balaban J connectivity index is 2.57. The van der Waals surface area contributed by atoms with Gasteiger partial charge in [0.1, 0.15) is 0 Å². The summed E-state index contributed by atoms with van der Waals surface area (Å²) in [7, 11) is 0. The molecule has 0 radical (unpaired) electrons. The van der Waals surface area contributed by atoms with Crippen molar-refractivity contribution in [3.63, 3.8) is 0 Å². The number of nitrogens with two attached hydrogens (primary N) is 1. The molecular weight excluding hydrogens is 192 g/mol. The standard InChI is InChI=1S/C10H18N4O/c1-7(2)14-6-12-4-9(14)5-13-8(3)10(11)15/h4,6-8,13H,5H2,1-3H3,(H2,11,15). The van der Waals surface area contributed by atoms with E-state index in [1.807, 2.05) is 0 Å². The normalized spacial score (nSPS) is 13.1. The molecule has 0 bridgehead atoms. The minimum absolute atomic E-state index is 0.319. The number of carbonyl (C=O) groups is 1. The van der Waals surface area contributed by atoms with Crippen LogP contribution in [0.15, 0.2) is 12.5 Å². The molecule has 15 heavy (non-hydrogen) atoms. The third kappa shape index (κ3) is 3.06. The highest BCUT2D eigenvalue weighted by Gasteiger charge is 2.10. The second kappa shape index (κ2) is 4.93. The zero-order valence-electron chi connectivity index (χ0n) is 9.40. The summed E-state index contributed by atoms with van der Waals surface area (Å²) < 4.78 is 2.06. The Morgan fingerprint density at radius 3 is 2.80 bits per heavy atom. The van der Waals surface area contributed by atoms with Crippen LogP contribution in [0.4, 0.5) is 0 Å². The third-order valence-electron chi connectivity index (χ3n) is 2.32. The van der Waals surface area contributed by atoms with Crippen molar-refractivity contribution >= 4 is 5.91 Å². The van der Waals surface area contributed by atoms with E-state index in [4.69, 9.17) is 5.73 Å². The molecule has 1 unspecified atom stereocenters. The summed E-state index contributed by atoms with van der Waals surface area (Å²) in [6.45, 7) is 6.52. The van der Waals surface area contributed by atoms with Crippen LogP contribution in [0.3, 0.4) is 0 Å². The predicted octanol–water partition coefficient (Wildman–Crippen LogP) is 0.427. The largest absolute Gasteiger partial charge is 0.368 e. The number of amides is 1. The molecule has 0 aliphatic carbocycles. The molecule has 0 saturated carbocycles. The maximum absolute atomic E-state index is 10.8. The Bertz CT molecular complexity index is 332. The summed E-state index contributed by atoms with van der Waals surface area (Å²) in [5.41, 5.74) is 6.20. The van der Waals surface area contributed by atoms with Gasteiger partial charge < -0.3 is 15.6 Å².